The van der Waals surface area contributed by atoms with Gasteiger partial charge in [-0.25, -0.2) is 0 Å². The highest BCUT2D eigenvalue weighted by Crippen LogP contribution is 2.37. The van der Waals surface area contributed by atoms with Crippen molar-refractivity contribution < 1.29 is 14.7 Å². The van der Waals surface area contributed by atoms with Crippen LogP contribution in [0.4, 0.5) is 0 Å². The highest BCUT2D eigenvalue weighted by atomic mass is 16.4. The number of aliphatic carboxylic acids is 1. The molecule has 0 aliphatic carbocycles. The van der Waals surface area contributed by atoms with Crippen LogP contribution >= 0.6 is 0 Å². The third-order valence-electron chi connectivity index (χ3n) is 4.07. The molecule has 1 atom stereocenters. The molecule has 1 heterocycles. The summed E-state index contributed by atoms with van der Waals surface area (Å²) in [6, 6.07) is 0. The van der Waals surface area contributed by atoms with Crippen molar-refractivity contribution in [1.82, 2.24) is 10.2 Å². The minimum atomic E-state index is -0.965. The maximum Gasteiger partial charge on any atom is 0.323 e. The number of hydrogen-bond acceptors (Lipinski definition) is 3. The number of carbonyl (C=O) groups excluding carboxylic acids is 1. The quantitative estimate of drug-likeness (QED) is 0.808. The largest absolute Gasteiger partial charge is 0.480 e. The van der Waals surface area contributed by atoms with Gasteiger partial charge >= 0.3 is 5.97 Å². The van der Waals surface area contributed by atoms with Crippen LogP contribution in [0.2, 0.25) is 0 Å². The van der Waals surface area contributed by atoms with Crippen LogP contribution in [0, 0.1) is 11.3 Å². The van der Waals surface area contributed by atoms with Gasteiger partial charge in [0.1, 0.15) is 6.54 Å². The Balaban J connectivity index is 3.07. The summed E-state index contributed by atoms with van der Waals surface area (Å²) in [5.74, 6) is -0.816. The van der Waals surface area contributed by atoms with E-state index in [1.165, 1.54) is 4.90 Å². The van der Waals surface area contributed by atoms with Crippen molar-refractivity contribution in [2.75, 3.05) is 19.6 Å². The molecule has 0 aromatic carbocycles. The predicted molar refractivity (Wildman–Crippen MR) is 73.9 cm³/mol. The van der Waals surface area contributed by atoms with Crippen LogP contribution in [0.1, 0.15) is 41.0 Å². The molecule has 0 spiro atoms. The lowest BCUT2D eigenvalue weighted by Gasteiger charge is -2.42. The highest BCUT2D eigenvalue weighted by molar-refractivity contribution is 5.87. The summed E-state index contributed by atoms with van der Waals surface area (Å²) in [5, 5.41) is 12.3. The van der Waals surface area contributed by atoms with Crippen LogP contribution in [0.15, 0.2) is 0 Å². The molecule has 0 aromatic rings. The molecule has 1 aliphatic heterocycles. The van der Waals surface area contributed by atoms with E-state index in [1.54, 1.807) is 0 Å². The molecule has 110 valence electrons. The number of amides is 1. The third kappa shape index (κ3) is 3.26. The molecular weight excluding hydrogens is 244 g/mol. The lowest BCUT2D eigenvalue weighted by molar-refractivity contribution is -0.156. The lowest BCUT2D eigenvalue weighted by atomic mass is 9.74. The third-order valence-corrected chi connectivity index (χ3v) is 4.07. The fraction of sp³-hybridized carbons (Fsp3) is 0.857. The van der Waals surface area contributed by atoms with E-state index in [0.29, 0.717) is 6.54 Å². The van der Waals surface area contributed by atoms with Crippen LogP contribution in [-0.4, -0.2) is 47.1 Å². The van der Waals surface area contributed by atoms with Crippen LogP contribution < -0.4 is 5.32 Å². The average molecular weight is 270 g/mol. The Morgan fingerprint density at radius 2 is 1.95 bits per heavy atom. The van der Waals surface area contributed by atoms with Gasteiger partial charge in [-0.05, 0) is 39.7 Å². The number of nitrogens with zero attached hydrogens (tertiary/aromatic N) is 1. The smallest absolute Gasteiger partial charge is 0.323 e. The monoisotopic (exact) mass is 270 g/mol. The molecule has 1 saturated heterocycles. The summed E-state index contributed by atoms with van der Waals surface area (Å²) in [7, 11) is 0. The Hall–Kier alpha value is -1.10. The van der Waals surface area contributed by atoms with Crippen molar-refractivity contribution in [2.24, 2.45) is 11.3 Å². The molecule has 5 heteroatoms. The van der Waals surface area contributed by atoms with Gasteiger partial charge in [0.15, 0.2) is 0 Å². The van der Waals surface area contributed by atoms with Gasteiger partial charge < -0.3 is 15.3 Å². The molecule has 2 N–H and O–H groups in total. The maximum atomic E-state index is 12.9. The minimum Gasteiger partial charge on any atom is -0.480 e. The molecule has 0 bridgehead atoms. The van der Waals surface area contributed by atoms with Crippen molar-refractivity contribution in [3.8, 4) is 0 Å². The van der Waals surface area contributed by atoms with Crippen LogP contribution in [0.5, 0.6) is 0 Å². The topological polar surface area (TPSA) is 69.6 Å². The van der Waals surface area contributed by atoms with Crippen molar-refractivity contribution in [3.05, 3.63) is 0 Å². The maximum absolute atomic E-state index is 12.9. The van der Waals surface area contributed by atoms with Crippen LogP contribution in [-0.2, 0) is 9.59 Å². The van der Waals surface area contributed by atoms with Crippen LogP contribution in [0.3, 0.4) is 0 Å². The molecule has 0 radical (unpaired) electrons. The van der Waals surface area contributed by atoms with E-state index in [9.17, 15) is 9.59 Å². The zero-order valence-electron chi connectivity index (χ0n) is 12.6. The molecular formula is C14H26N2O3. The second-order valence-electron chi connectivity index (χ2n) is 6.69. The molecule has 1 rings (SSSR count). The summed E-state index contributed by atoms with van der Waals surface area (Å²) < 4.78 is 0. The van der Waals surface area contributed by atoms with Crippen molar-refractivity contribution in [2.45, 2.75) is 46.6 Å². The second-order valence-corrected chi connectivity index (χ2v) is 6.69. The first-order valence-electron chi connectivity index (χ1n) is 6.86. The van der Waals surface area contributed by atoms with Gasteiger partial charge in [-0.3, -0.25) is 9.59 Å². The van der Waals surface area contributed by atoms with E-state index in [4.69, 9.17) is 5.11 Å². The SMILES string of the molecule is CC(C)C1(C(=O)N(CC(=O)O)C(C)(C)C)CCNC1. The summed E-state index contributed by atoms with van der Waals surface area (Å²) in [4.78, 5) is 25.5. The van der Waals surface area contributed by atoms with E-state index in [2.05, 4.69) is 5.32 Å². The first-order valence-corrected chi connectivity index (χ1v) is 6.86. The molecule has 19 heavy (non-hydrogen) atoms. The Morgan fingerprint density at radius 3 is 2.26 bits per heavy atom. The Labute approximate surface area is 115 Å². The number of carbonyl (C=O) groups is 2. The number of carboxylic acid groups (broad SMARTS) is 1. The van der Waals surface area contributed by atoms with Crippen molar-refractivity contribution in [3.63, 3.8) is 0 Å². The minimum absolute atomic E-state index is 0.0394. The summed E-state index contributed by atoms with van der Waals surface area (Å²) in [6.07, 6.45) is 0.774. The molecule has 0 saturated carbocycles. The lowest BCUT2D eigenvalue weighted by Crippen LogP contribution is -2.56. The van der Waals surface area contributed by atoms with Gasteiger partial charge in [0.2, 0.25) is 5.91 Å². The first kappa shape index (κ1) is 16.0. The highest BCUT2D eigenvalue weighted by Gasteiger charge is 2.48. The van der Waals surface area contributed by atoms with Gasteiger partial charge in [-0.1, -0.05) is 13.8 Å². The van der Waals surface area contributed by atoms with Gasteiger partial charge in [-0.2, -0.15) is 0 Å². The Bertz CT molecular complexity index is 352. The standard InChI is InChI=1S/C14H26N2O3/c1-10(2)14(6-7-15-9-14)12(19)16(8-11(17)18)13(3,4)5/h10,15H,6-9H2,1-5H3,(H,17,18). The number of rotatable bonds is 4. The van der Waals surface area contributed by atoms with Crippen molar-refractivity contribution >= 4 is 11.9 Å². The van der Waals surface area contributed by atoms with Crippen LogP contribution in [0.25, 0.3) is 0 Å². The fourth-order valence-electron chi connectivity index (χ4n) is 2.65. The normalized spacial score (nSPS) is 23.7. The Morgan fingerprint density at radius 1 is 1.37 bits per heavy atom. The summed E-state index contributed by atoms with van der Waals surface area (Å²) in [6.45, 7) is 10.9. The van der Waals surface area contributed by atoms with E-state index < -0.39 is 16.9 Å². The van der Waals surface area contributed by atoms with E-state index in [1.807, 2.05) is 34.6 Å². The molecule has 5 nitrogen and oxygen atoms in total. The zero-order chi connectivity index (χ0) is 14.8. The van der Waals surface area contributed by atoms with Crippen molar-refractivity contribution in [1.29, 1.82) is 0 Å². The molecule has 1 amide bonds. The number of hydrogen-bond donors (Lipinski definition) is 2. The van der Waals surface area contributed by atoms with Gasteiger partial charge in [-0.15, -0.1) is 0 Å². The second kappa shape index (κ2) is 5.49. The Kier molecular flexibility index (Phi) is 4.61. The van der Waals surface area contributed by atoms with Gasteiger partial charge in [0.05, 0.1) is 5.41 Å². The fourth-order valence-corrected chi connectivity index (χ4v) is 2.65. The molecule has 0 aromatic heterocycles. The number of nitrogens with one attached hydrogen (secondary N) is 1. The van der Waals surface area contributed by atoms with E-state index in [0.717, 1.165) is 13.0 Å². The summed E-state index contributed by atoms with van der Waals surface area (Å²) >= 11 is 0. The van der Waals surface area contributed by atoms with Gasteiger partial charge in [0, 0.05) is 12.1 Å². The van der Waals surface area contributed by atoms with E-state index >= 15 is 0 Å². The summed E-state index contributed by atoms with van der Waals surface area (Å²) in [5.41, 5.74) is -0.956. The van der Waals surface area contributed by atoms with Gasteiger partial charge in [0.25, 0.3) is 0 Å². The molecule has 1 unspecified atom stereocenters. The average Bonchev–Trinajstić information content (AvgIpc) is 2.73. The molecule has 1 aliphatic rings. The predicted octanol–water partition coefficient (Wildman–Crippen LogP) is 1.33. The number of carboxylic acids is 1. The zero-order valence-corrected chi connectivity index (χ0v) is 12.6. The van der Waals surface area contributed by atoms with E-state index in [-0.39, 0.29) is 18.4 Å². The molecule has 1 fully saturated rings. The first-order chi connectivity index (χ1) is 8.61.